The molecule has 128 valence electrons. The van der Waals surface area contributed by atoms with Gasteiger partial charge in [0.2, 0.25) is 5.91 Å². The molecule has 1 N–H and O–H groups in total. The van der Waals surface area contributed by atoms with Crippen molar-refractivity contribution in [2.75, 3.05) is 7.11 Å². The van der Waals surface area contributed by atoms with Crippen molar-refractivity contribution in [3.63, 3.8) is 0 Å². The molecule has 2 aromatic carbocycles. The van der Waals surface area contributed by atoms with E-state index < -0.39 is 0 Å². The number of aryl methyl sites for hydroxylation is 1. The van der Waals surface area contributed by atoms with Crippen molar-refractivity contribution < 1.29 is 9.53 Å². The summed E-state index contributed by atoms with van der Waals surface area (Å²) in [4.78, 5) is 12.0. The lowest BCUT2D eigenvalue weighted by Crippen LogP contribution is -2.23. The van der Waals surface area contributed by atoms with Gasteiger partial charge in [0.05, 0.1) is 25.5 Å². The molecule has 0 aliphatic carbocycles. The minimum atomic E-state index is 0.00264. The molecule has 6 nitrogen and oxygen atoms in total. The molecule has 0 unspecified atom stereocenters. The van der Waals surface area contributed by atoms with Gasteiger partial charge in [-0.25, -0.2) is 4.68 Å². The molecule has 0 saturated carbocycles. The Bertz CT molecular complexity index is 813. The molecule has 0 radical (unpaired) electrons. The minimum absolute atomic E-state index is 0.00264. The van der Waals surface area contributed by atoms with Crippen molar-refractivity contribution in [2.45, 2.75) is 19.4 Å². The molecule has 3 rings (SSSR count). The zero-order valence-corrected chi connectivity index (χ0v) is 14.1. The molecular formula is C19H20N4O2. The van der Waals surface area contributed by atoms with Gasteiger partial charge in [-0.05, 0) is 36.2 Å². The third-order valence-electron chi connectivity index (χ3n) is 3.83. The second kappa shape index (κ2) is 8.10. The molecule has 1 heterocycles. The topological polar surface area (TPSA) is 69.0 Å². The van der Waals surface area contributed by atoms with Crippen LogP contribution in [0.25, 0.3) is 5.69 Å². The van der Waals surface area contributed by atoms with Gasteiger partial charge in [-0.2, -0.15) is 0 Å². The third kappa shape index (κ3) is 4.67. The van der Waals surface area contributed by atoms with E-state index in [1.807, 2.05) is 54.6 Å². The van der Waals surface area contributed by atoms with E-state index in [2.05, 4.69) is 15.6 Å². The lowest BCUT2D eigenvalue weighted by atomic mass is 10.1. The Kier molecular flexibility index (Phi) is 5.41. The van der Waals surface area contributed by atoms with Crippen LogP contribution in [0.4, 0.5) is 0 Å². The third-order valence-corrected chi connectivity index (χ3v) is 3.83. The maximum absolute atomic E-state index is 12.0. The zero-order chi connectivity index (χ0) is 17.5. The molecule has 0 saturated heterocycles. The molecule has 1 amide bonds. The average molecular weight is 336 g/mol. The summed E-state index contributed by atoms with van der Waals surface area (Å²) in [5.74, 6) is 0.789. The quantitative estimate of drug-likeness (QED) is 0.720. The molecule has 0 fully saturated rings. The Hall–Kier alpha value is -3.15. The van der Waals surface area contributed by atoms with Gasteiger partial charge in [-0.15, -0.1) is 5.10 Å². The van der Waals surface area contributed by atoms with E-state index in [9.17, 15) is 4.79 Å². The van der Waals surface area contributed by atoms with Crippen molar-refractivity contribution in [3.05, 3.63) is 72.1 Å². The highest BCUT2D eigenvalue weighted by Crippen LogP contribution is 2.14. The van der Waals surface area contributed by atoms with Crippen LogP contribution in [0.2, 0.25) is 0 Å². The lowest BCUT2D eigenvalue weighted by Gasteiger charge is -2.03. The summed E-state index contributed by atoms with van der Waals surface area (Å²) in [5.41, 5.74) is 2.75. The summed E-state index contributed by atoms with van der Waals surface area (Å²) in [6.45, 7) is 0.365. The van der Waals surface area contributed by atoms with Crippen LogP contribution in [0, 0.1) is 0 Å². The average Bonchev–Trinajstić information content (AvgIpc) is 3.14. The predicted molar refractivity (Wildman–Crippen MR) is 94.5 cm³/mol. The first-order valence-electron chi connectivity index (χ1n) is 8.11. The van der Waals surface area contributed by atoms with Crippen LogP contribution >= 0.6 is 0 Å². The first kappa shape index (κ1) is 16.7. The molecule has 1 aromatic heterocycles. The van der Waals surface area contributed by atoms with E-state index in [4.69, 9.17) is 4.74 Å². The van der Waals surface area contributed by atoms with Gasteiger partial charge >= 0.3 is 0 Å². The molecule has 25 heavy (non-hydrogen) atoms. The van der Waals surface area contributed by atoms with E-state index in [1.165, 1.54) is 0 Å². The molecule has 0 aliphatic heterocycles. The Labute approximate surface area is 146 Å². The van der Waals surface area contributed by atoms with Crippen molar-refractivity contribution >= 4 is 5.91 Å². The summed E-state index contributed by atoms with van der Waals surface area (Å²) >= 11 is 0. The number of nitrogens with one attached hydrogen (secondary N) is 1. The number of aromatic nitrogens is 3. The van der Waals surface area contributed by atoms with Crippen molar-refractivity contribution in [3.8, 4) is 11.4 Å². The summed E-state index contributed by atoms with van der Waals surface area (Å²) in [5, 5.41) is 11.1. The maximum Gasteiger partial charge on any atom is 0.220 e. The Morgan fingerprint density at radius 1 is 1.12 bits per heavy atom. The van der Waals surface area contributed by atoms with Gasteiger partial charge in [0, 0.05) is 6.42 Å². The highest BCUT2D eigenvalue weighted by atomic mass is 16.5. The van der Waals surface area contributed by atoms with Gasteiger partial charge < -0.3 is 10.1 Å². The standard InChI is InChI=1S/C19H20N4O2/c1-25-18-10-8-17(9-11-18)23-14-16(21-22-23)13-20-19(24)12-7-15-5-3-2-4-6-15/h2-6,8-11,14H,7,12-13H2,1H3,(H,20,24). The number of ether oxygens (including phenoxy) is 1. The van der Waals surface area contributed by atoms with Gasteiger partial charge in [0.15, 0.2) is 0 Å². The summed E-state index contributed by atoms with van der Waals surface area (Å²) < 4.78 is 6.81. The van der Waals surface area contributed by atoms with E-state index >= 15 is 0 Å². The summed E-state index contributed by atoms with van der Waals surface area (Å²) in [6, 6.07) is 17.5. The fourth-order valence-electron chi connectivity index (χ4n) is 2.42. The Morgan fingerprint density at radius 3 is 2.60 bits per heavy atom. The van der Waals surface area contributed by atoms with Crippen LogP contribution in [0.5, 0.6) is 5.75 Å². The second-order valence-electron chi connectivity index (χ2n) is 5.61. The Morgan fingerprint density at radius 2 is 1.88 bits per heavy atom. The highest BCUT2D eigenvalue weighted by Gasteiger charge is 2.06. The molecule has 0 atom stereocenters. The van der Waals surface area contributed by atoms with E-state index in [1.54, 1.807) is 18.0 Å². The molecule has 0 spiro atoms. The minimum Gasteiger partial charge on any atom is -0.497 e. The number of benzene rings is 2. The fraction of sp³-hybridized carbons (Fsp3) is 0.211. The molecular weight excluding hydrogens is 316 g/mol. The van der Waals surface area contributed by atoms with Crippen LogP contribution < -0.4 is 10.1 Å². The van der Waals surface area contributed by atoms with E-state index in [-0.39, 0.29) is 5.91 Å². The number of hydrogen-bond acceptors (Lipinski definition) is 4. The first-order chi connectivity index (χ1) is 12.2. The zero-order valence-electron chi connectivity index (χ0n) is 14.1. The van der Waals surface area contributed by atoms with Gasteiger partial charge in [-0.1, -0.05) is 35.5 Å². The van der Waals surface area contributed by atoms with Gasteiger partial charge in [-0.3, -0.25) is 4.79 Å². The summed E-state index contributed by atoms with van der Waals surface area (Å²) in [7, 11) is 1.63. The number of nitrogens with zero attached hydrogens (tertiary/aromatic N) is 3. The lowest BCUT2D eigenvalue weighted by molar-refractivity contribution is -0.121. The summed E-state index contributed by atoms with van der Waals surface area (Å²) in [6.07, 6.45) is 2.99. The normalized spacial score (nSPS) is 10.4. The largest absolute Gasteiger partial charge is 0.497 e. The van der Waals surface area contributed by atoms with Gasteiger partial charge in [0.1, 0.15) is 11.4 Å². The SMILES string of the molecule is COc1ccc(-n2cc(CNC(=O)CCc3ccccc3)nn2)cc1. The number of amides is 1. The maximum atomic E-state index is 12.0. The van der Waals surface area contributed by atoms with Crippen molar-refractivity contribution in [1.82, 2.24) is 20.3 Å². The predicted octanol–water partition coefficient (Wildman–Crippen LogP) is 2.52. The molecule has 0 bridgehead atoms. The van der Waals surface area contributed by atoms with Crippen molar-refractivity contribution in [1.29, 1.82) is 0 Å². The fourth-order valence-corrected chi connectivity index (χ4v) is 2.42. The number of methoxy groups -OCH3 is 1. The number of carbonyl (C=O) groups excluding carboxylic acids is 1. The van der Waals surface area contributed by atoms with E-state index in [0.717, 1.165) is 23.4 Å². The highest BCUT2D eigenvalue weighted by molar-refractivity contribution is 5.76. The second-order valence-corrected chi connectivity index (χ2v) is 5.61. The van der Waals surface area contributed by atoms with Gasteiger partial charge in [0.25, 0.3) is 0 Å². The number of carbonyl (C=O) groups is 1. The number of hydrogen-bond donors (Lipinski definition) is 1. The van der Waals surface area contributed by atoms with Crippen LogP contribution in [-0.2, 0) is 17.8 Å². The Balaban J connectivity index is 1.50. The first-order valence-corrected chi connectivity index (χ1v) is 8.11. The van der Waals surface area contributed by atoms with E-state index in [0.29, 0.717) is 18.7 Å². The molecule has 0 aliphatic rings. The molecule has 3 aromatic rings. The van der Waals surface area contributed by atoms with Crippen LogP contribution in [0.15, 0.2) is 60.8 Å². The smallest absolute Gasteiger partial charge is 0.220 e. The number of rotatable bonds is 7. The monoisotopic (exact) mass is 336 g/mol. The molecule has 6 heteroatoms. The van der Waals surface area contributed by atoms with Crippen LogP contribution in [0.3, 0.4) is 0 Å². The van der Waals surface area contributed by atoms with Crippen molar-refractivity contribution in [2.24, 2.45) is 0 Å². The van der Waals surface area contributed by atoms with Crippen LogP contribution in [-0.4, -0.2) is 28.0 Å². The van der Waals surface area contributed by atoms with Crippen LogP contribution in [0.1, 0.15) is 17.7 Å².